The summed E-state index contributed by atoms with van der Waals surface area (Å²) in [5.74, 6) is -0.788. The summed E-state index contributed by atoms with van der Waals surface area (Å²) in [4.78, 5) is 35.3. The molecule has 0 atom stereocenters. The molecule has 0 saturated carbocycles. The van der Waals surface area contributed by atoms with Crippen LogP contribution in [0.5, 0.6) is 0 Å². The maximum atomic E-state index is 13.0. The highest BCUT2D eigenvalue weighted by Crippen LogP contribution is 2.27. The molecule has 0 heterocycles. The molecule has 0 spiro atoms. The molecule has 4 aromatic carbocycles. The fraction of sp³-hybridized carbons (Fsp3) is 0.244. The van der Waals surface area contributed by atoms with Gasteiger partial charge in [-0.15, -0.1) is 0 Å². The van der Waals surface area contributed by atoms with Gasteiger partial charge < -0.3 is 9.74 Å². The minimum atomic E-state index is -3.36. The maximum absolute atomic E-state index is 13.0. The van der Waals surface area contributed by atoms with Crippen molar-refractivity contribution in [1.29, 1.82) is 0 Å². The molecule has 4 rings (SSSR count). The molecule has 0 fully saturated rings. The van der Waals surface area contributed by atoms with Crippen LogP contribution in [0, 0.1) is 0 Å². The molecule has 0 aromatic heterocycles. The number of Topliss-reactive ketones (excluding diaryl/α,β-unsaturated/α-hetero) is 1. The quantitative estimate of drug-likeness (QED) is 0.0285. The van der Waals surface area contributed by atoms with Gasteiger partial charge in [0, 0.05) is 33.3 Å². The summed E-state index contributed by atoms with van der Waals surface area (Å²) in [6.45, 7) is 9.65. The average Bonchev–Trinajstić information content (AvgIpc) is 3.16. The van der Waals surface area contributed by atoms with Gasteiger partial charge >= 0.3 is 5.97 Å². The molecule has 0 radical (unpaired) electrons. The number of carbonyl (C=O) groups is 2. The van der Waals surface area contributed by atoms with Gasteiger partial charge in [0.15, 0.2) is 0 Å². The number of oxime groups is 1. The lowest BCUT2D eigenvalue weighted by molar-refractivity contribution is 0.0514. The molecule has 0 aliphatic rings. The number of hydrogen-bond acceptors (Lipinski definition) is 8. The lowest BCUT2D eigenvalue weighted by atomic mass is 10.0. The third kappa shape index (κ3) is 12.9. The summed E-state index contributed by atoms with van der Waals surface area (Å²) in [7, 11) is -3.36. The smallest absolute Gasteiger partial charge is 0.365 e. The highest BCUT2D eigenvalue weighted by atomic mass is 32.2. The Morgan fingerprint density at radius 2 is 1.30 bits per heavy atom. The molecule has 50 heavy (non-hydrogen) atoms. The summed E-state index contributed by atoms with van der Waals surface area (Å²) in [5.41, 5.74) is 1.19. The van der Waals surface area contributed by atoms with Crippen molar-refractivity contribution in [3.8, 4) is 0 Å². The highest BCUT2D eigenvalue weighted by Gasteiger charge is 2.17. The van der Waals surface area contributed by atoms with E-state index >= 15 is 0 Å². The Hall–Kier alpha value is -4.73. The maximum Gasteiger partial charge on any atom is 0.365 e. The summed E-state index contributed by atoms with van der Waals surface area (Å²) >= 11 is 1.63. The molecule has 0 bridgehead atoms. The molecule has 0 aliphatic carbocycles. The fourth-order valence-corrected chi connectivity index (χ4v) is 6.52. The van der Waals surface area contributed by atoms with E-state index in [-0.39, 0.29) is 11.5 Å². The molecule has 0 aliphatic heterocycles. The first-order valence-electron chi connectivity index (χ1n) is 16.8. The van der Waals surface area contributed by atoms with Crippen LogP contribution in [0.1, 0.15) is 74.1 Å². The standard InChI is InChI=1S/C26H25NO3S.C15H21NO2S/c1-2-3-6-15-24(27-30-26(29)21-11-7-4-8-12-21)25(28)20-16-18-23(19-17-20)31-22-13-9-5-10-14-22;1-4-16(5-2)13-9-10-14(3)19(17,18)15-11-7-6-8-12-15/h4-5,7-14,16-19H,2-3,6,15H2,1H3;6-13H,4-5H2,1-3H3/b27-24-;. The zero-order chi connectivity index (χ0) is 36.2. The number of allylic oxidation sites excluding steroid dienone is 3. The number of hydrogen-bond donors (Lipinski definition) is 0. The van der Waals surface area contributed by atoms with Crippen molar-refractivity contribution in [3.63, 3.8) is 0 Å². The van der Waals surface area contributed by atoms with Gasteiger partial charge in [-0.1, -0.05) is 91.3 Å². The molecule has 262 valence electrons. The van der Waals surface area contributed by atoms with Gasteiger partial charge in [0.1, 0.15) is 5.71 Å². The number of ketones is 1. The van der Waals surface area contributed by atoms with Crippen LogP contribution in [0.2, 0.25) is 0 Å². The van der Waals surface area contributed by atoms with E-state index in [1.165, 1.54) is 0 Å². The number of sulfone groups is 1. The monoisotopic (exact) mass is 710 g/mol. The second-order valence-corrected chi connectivity index (χ2v) is 14.4. The third-order valence-corrected chi connectivity index (χ3v) is 10.4. The Bertz CT molecular complexity index is 1820. The van der Waals surface area contributed by atoms with Crippen LogP contribution in [0.25, 0.3) is 0 Å². The Morgan fingerprint density at radius 1 is 0.740 bits per heavy atom. The average molecular weight is 711 g/mol. The van der Waals surface area contributed by atoms with E-state index in [0.717, 1.165) is 42.1 Å². The number of benzene rings is 4. The second kappa shape index (κ2) is 21.4. The number of unbranched alkanes of at least 4 members (excludes halogenated alkanes) is 2. The van der Waals surface area contributed by atoms with Crippen LogP contribution in [-0.4, -0.2) is 43.9 Å². The van der Waals surface area contributed by atoms with Crippen LogP contribution in [-0.2, 0) is 14.7 Å². The van der Waals surface area contributed by atoms with E-state index in [9.17, 15) is 18.0 Å². The van der Waals surface area contributed by atoms with Crippen LogP contribution in [0.4, 0.5) is 0 Å². The number of rotatable bonds is 16. The van der Waals surface area contributed by atoms with Crippen molar-refractivity contribution in [2.24, 2.45) is 5.16 Å². The largest absolute Gasteiger partial charge is 0.378 e. The van der Waals surface area contributed by atoms with Gasteiger partial charge in [-0.05, 0) is 113 Å². The van der Waals surface area contributed by atoms with Crippen molar-refractivity contribution in [2.75, 3.05) is 13.1 Å². The second-order valence-electron chi connectivity index (χ2n) is 11.2. The summed E-state index contributed by atoms with van der Waals surface area (Å²) < 4.78 is 24.5. The minimum absolute atomic E-state index is 0.215. The molecule has 0 N–H and O–H groups in total. The molecule has 0 saturated heterocycles. The van der Waals surface area contributed by atoms with Crippen molar-refractivity contribution >= 4 is 39.1 Å². The van der Waals surface area contributed by atoms with Crippen LogP contribution in [0.3, 0.4) is 0 Å². The Kier molecular flexibility index (Phi) is 17.0. The van der Waals surface area contributed by atoms with Crippen molar-refractivity contribution in [3.05, 3.63) is 150 Å². The van der Waals surface area contributed by atoms with E-state index in [2.05, 4.69) is 30.8 Å². The first-order valence-corrected chi connectivity index (χ1v) is 19.1. The Labute approximate surface area is 301 Å². The Morgan fingerprint density at radius 3 is 1.88 bits per heavy atom. The topological polar surface area (TPSA) is 93.1 Å². The third-order valence-electron chi connectivity index (χ3n) is 7.54. The lowest BCUT2D eigenvalue weighted by Crippen LogP contribution is -2.16. The van der Waals surface area contributed by atoms with E-state index in [4.69, 9.17) is 4.84 Å². The van der Waals surface area contributed by atoms with Crippen LogP contribution >= 0.6 is 11.8 Å². The van der Waals surface area contributed by atoms with Crippen molar-refractivity contribution in [2.45, 2.75) is 68.1 Å². The van der Waals surface area contributed by atoms with Gasteiger partial charge in [0.2, 0.25) is 15.6 Å². The minimum Gasteiger partial charge on any atom is -0.378 e. The molecular formula is C41H46N2O5S2. The lowest BCUT2D eigenvalue weighted by Gasteiger charge is -2.14. The van der Waals surface area contributed by atoms with E-state index in [0.29, 0.717) is 27.3 Å². The fourth-order valence-electron chi connectivity index (χ4n) is 4.54. The zero-order valence-electron chi connectivity index (χ0n) is 29.2. The molecule has 4 aromatic rings. The van der Waals surface area contributed by atoms with E-state index < -0.39 is 15.8 Å². The van der Waals surface area contributed by atoms with Gasteiger partial charge in [-0.3, -0.25) is 4.79 Å². The molecule has 0 amide bonds. The van der Waals surface area contributed by atoms with Crippen molar-refractivity contribution in [1.82, 2.24) is 4.90 Å². The van der Waals surface area contributed by atoms with Crippen LogP contribution in [0.15, 0.2) is 158 Å². The van der Waals surface area contributed by atoms with Gasteiger partial charge in [-0.25, -0.2) is 13.2 Å². The van der Waals surface area contributed by atoms with Crippen molar-refractivity contribution < 1.29 is 22.8 Å². The summed E-state index contributed by atoms with van der Waals surface area (Å²) in [5, 5.41) is 3.95. The van der Waals surface area contributed by atoms with E-state index in [1.807, 2.05) is 54.7 Å². The molecule has 9 heteroatoms. The number of carbonyl (C=O) groups excluding carboxylic acids is 2. The van der Waals surface area contributed by atoms with E-state index in [1.54, 1.807) is 97.6 Å². The Balaban J connectivity index is 0.000000305. The predicted octanol–water partition coefficient (Wildman–Crippen LogP) is 10.0. The van der Waals surface area contributed by atoms with Gasteiger partial charge in [0.05, 0.1) is 10.5 Å². The first kappa shape index (κ1) is 39.7. The first-order chi connectivity index (χ1) is 24.2. The summed E-state index contributed by atoms with van der Waals surface area (Å²) in [6.07, 6.45) is 8.61. The molecule has 0 unspecified atom stereocenters. The molecule has 7 nitrogen and oxygen atoms in total. The predicted molar refractivity (Wildman–Crippen MR) is 204 cm³/mol. The van der Waals surface area contributed by atoms with Crippen LogP contribution < -0.4 is 0 Å². The summed E-state index contributed by atoms with van der Waals surface area (Å²) in [6, 6.07) is 34.6. The van der Waals surface area contributed by atoms with Gasteiger partial charge in [-0.2, -0.15) is 0 Å². The zero-order valence-corrected chi connectivity index (χ0v) is 30.8. The number of nitrogens with zero attached hydrogens (tertiary/aromatic N) is 2. The van der Waals surface area contributed by atoms with Gasteiger partial charge in [0.25, 0.3) is 0 Å². The molecular weight excluding hydrogens is 665 g/mol. The SMILES string of the molecule is CCCCC/C(=N/OC(=O)c1ccccc1)C(=O)c1ccc(Sc2ccccc2)cc1.CCN(C=CC=C(C)S(=O)(=O)c1ccccc1)CC. The highest BCUT2D eigenvalue weighted by molar-refractivity contribution is 7.99. The normalized spacial score (nSPS) is 11.8.